The summed E-state index contributed by atoms with van der Waals surface area (Å²) in [6.45, 7) is 0. The summed E-state index contributed by atoms with van der Waals surface area (Å²) in [5.41, 5.74) is 1.21. The molecule has 2 aromatic rings. The minimum atomic E-state index is -0.807. The van der Waals surface area contributed by atoms with Crippen molar-refractivity contribution in [3.8, 4) is 0 Å². The zero-order valence-electron chi connectivity index (χ0n) is 11.8. The van der Waals surface area contributed by atoms with Gasteiger partial charge in [0.15, 0.2) is 12.1 Å². The highest BCUT2D eigenvalue weighted by molar-refractivity contribution is 6.30. The molecule has 114 valence electrons. The Morgan fingerprint density at radius 1 is 0.870 bits per heavy atom. The third-order valence-electron chi connectivity index (χ3n) is 3.89. The number of hydrogen-bond acceptors (Lipinski definition) is 5. The number of rotatable bonds is 2. The van der Waals surface area contributed by atoms with Gasteiger partial charge in [-0.3, -0.25) is 9.59 Å². The van der Waals surface area contributed by atoms with Gasteiger partial charge in [0.2, 0.25) is 0 Å². The van der Waals surface area contributed by atoms with Crippen molar-refractivity contribution in [3.63, 3.8) is 0 Å². The highest BCUT2D eigenvalue weighted by Crippen LogP contribution is 2.34. The second-order valence-corrected chi connectivity index (χ2v) is 5.70. The molecule has 2 aliphatic rings. The fourth-order valence-corrected chi connectivity index (χ4v) is 2.92. The van der Waals surface area contributed by atoms with E-state index >= 15 is 0 Å². The Hall–Kier alpha value is -2.73. The molecule has 2 aliphatic heterocycles. The van der Waals surface area contributed by atoms with Crippen LogP contribution in [0.2, 0.25) is 5.02 Å². The van der Waals surface area contributed by atoms with Crippen LogP contribution in [-0.2, 0) is 9.59 Å². The standard InChI is InChI=1S/C16H11ClN4O2/c17-10-6-8-12(9-7-10)21-14-13(18-19-21)15(22)20(16(14)23)11-4-2-1-3-5-11/h1-9,13-14H. The van der Waals surface area contributed by atoms with E-state index in [4.69, 9.17) is 11.6 Å². The van der Waals surface area contributed by atoms with Gasteiger partial charge in [-0.15, -0.1) is 0 Å². The molecule has 6 nitrogen and oxygen atoms in total. The van der Waals surface area contributed by atoms with Crippen LogP contribution < -0.4 is 9.91 Å². The number of para-hydroxylation sites is 1. The number of anilines is 2. The zero-order chi connectivity index (χ0) is 16.0. The van der Waals surface area contributed by atoms with E-state index in [1.807, 2.05) is 6.07 Å². The SMILES string of the molecule is O=C1C2N=NN(c3ccc(Cl)cc3)C2C(=O)N1c1ccccc1. The Morgan fingerprint density at radius 2 is 1.57 bits per heavy atom. The summed E-state index contributed by atoms with van der Waals surface area (Å²) in [4.78, 5) is 26.5. The second-order valence-electron chi connectivity index (χ2n) is 5.26. The van der Waals surface area contributed by atoms with Gasteiger partial charge in [-0.2, -0.15) is 5.11 Å². The largest absolute Gasteiger partial charge is 0.271 e. The Kier molecular flexibility index (Phi) is 3.12. The second kappa shape index (κ2) is 5.17. The van der Waals surface area contributed by atoms with Crippen LogP contribution in [-0.4, -0.2) is 23.9 Å². The normalized spacial score (nSPS) is 22.8. The molecule has 0 spiro atoms. The maximum absolute atomic E-state index is 12.8. The molecule has 7 heteroatoms. The van der Waals surface area contributed by atoms with Gasteiger partial charge in [0, 0.05) is 5.02 Å². The number of carbonyl (C=O) groups is 2. The van der Waals surface area contributed by atoms with Crippen molar-refractivity contribution >= 4 is 34.8 Å². The van der Waals surface area contributed by atoms with Crippen molar-refractivity contribution in [1.29, 1.82) is 0 Å². The first-order chi connectivity index (χ1) is 11.2. The Labute approximate surface area is 136 Å². The molecule has 4 rings (SSSR count). The van der Waals surface area contributed by atoms with Gasteiger partial charge in [0.05, 0.1) is 11.4 Å². The topological polar surface area (TPSA) is 65.3 Å². The van der Waals surface area contributed by atoms with Crippen molar-refractivity contribution in [3.05, 3.63) is 59.6 Å². The molecule has 0 aliphatic carbocycles. The minimum Gasteiger partial charge on any atom is -0.271 e. The molecule has 0 aromatic heterocycles. The van der Waals surface area contributed by atoms with Crippen molar-refractivity contribution < 1.29 is 9.59 Å². The molecular formula is C16H11ClN4O2. The van der Waals surface area contributed by atoms with E-state index in [1.165, 1.54) is 9.91 Å². The van der Waals surface area contributed by atoms with Gasteiger partial charge in [0.25, 0.3) is 11.8 Å². The van der Waals surface area contributed by atoms with Crippen molar-refractivity contribution in [2.45, 2.75) is 12.1 Å². The number of amides is 2. The van der Waals surface area contributed by atoms with E-state index in [9.17, 15) is 9.59 Å². The lowest BCUT2D eigenvalue weighted by atomic mass is 10.1. The number of carbonyl (C=O) groups excluding carboxylic acids is 2. The molecule has 23 heavy (non-hydrogen) atoms. The summed E-state index contributed by atoms with van der Waals surface area (Å²) in [6, 6.07) is 14.2. The molecular weight excluding hydrogens is 316 g/mol. The average Bonchev–Trinajstić information content (AvgIpc) is 3.10. The summed E-state index contributed by atoms with van der Waals surface area (Å²) in [5, 5.41) is 10.0. The Morgan fingerprint density at radius 3 is 2.26 bits per heavy atom. The molecule has 0 N–H and O–H groups in total. The molecule has 0 radical (unpaired) electrons. The molecule has 0 bridgehead atoms. The van der Waals surface area contributed by atoms with Gasteiger partial charge in [-0.1, -0.05) is 35.0 Å². The smallest absolute Gasteiger partial charge is 0.263 e. The Balaban J connectivity index is 1.70. The monoisotopic (exact) mass is 326 g/mol. The maximum atomic E-state index is 12.8. The molecule has 0 saturated carbocycles. The van der Waals surface area contributed by atoms with Crippen LogP contribution in [0.25, 0.3) is 0 Å². The number of imide groups is 1. The van der Waals surface area contributed by atoms with Crippen LogP contribution >= 0.6 is 11.6 Å². The molecule has 2 aromatic carbocycles. The van der Waals surface area contributed by atoms with Crippen LogP contribution in [0.3, 0.4) is 0 Å². The summed E-state index contributed by atoms with van der Waals surface area (Å²) in [6.07, 6.45) is 0. The molecule has 2 heterocycles. The molecule has 1 saturated heterocycles. The van der Waals surface area contributed by atoms with Crippen LogP contribution in [0.15, 0.2) is 64.9 Å². The number of hydrogen-bond donors (Lipinski definition) is 0. The first kappa shape index (κ1) is 13.9. The van der Waals surface area contributed by atoms with E-state index in [2.05, 4.69) is 10.3 Å². The van der Waals surface area contributed by atoms with Crippen molar-refractivity contribution in [1.82, 2.24) is 0 Å². The zero-order valence-corrected chi connectivity index (χ0v) is 12.6. The molecule has 2 unspecified atom stereocenters. The fraction of sp³-hybridized carbons (Fsp3) is 0.125. The van der Waals surface area contributed by atoms with E-state index in [0.717, 1.165) is 0 Å². The lowest BCUT2D eigenvalue weighted by Gasteiger charge is -2.20. The lowest BCUT2D eigenvalue weighted by Crippen LogP contribution is -2.39. The Bertz CT molecular complexity index is 807. The van der Waals surface area contributed by atoms with Gasteiger partial charge < -0.3 is 0 Å². The number of nitrogens with zero attached hydrogens (tertiary/aromatic N) is 4. The maximum Gasteiger partial charge on any atom is 0.263 e. The number of fused-ring (bicyclic) bond motifs is 1. The quantitative estimate of drug-likeness (QED) is 0.797. The predicted octanol–water partition coefficient (Wildman–Crippen LogP) is 2.84. The average molecular weight is 327 g/mol. The summed E-state index contributed by atoms with van der Waals surface area (Å²) in [5.74, 6) is -0.683. The lowest BCUT2D eigenvalue weighted by molar-refractivity contribution is -0.121. The van der Waals surface area contributed by atoms with Gasteiger partial charge in [-0.05, 0) is 36.4 Å². The van der Waals surface area contributed by atoms with Crippen molar-refractivity contribution in [2.75, 3.05) is 9.91 Å². The first-order valence-corrected chi connectivity index (χ1v) is 7.43. The minimum absolute atomic E-state index is 0.328. The van der Waals surface area contributed by atoms with Crippen LogP contribution in [0, 0.1) is 0 Å². The van der Waals surface area contributed by atoms with Crippen LogP contribution in [0.4, 0.5) is 11.4 Å². The highest BCUT2D eigenvalue weighted by atomic mass is 35.5. The number of halogens is 1. The van der Waals surface area contributed by atoms with Crippen molar-refractivity contribution in [2.24, 2.45) is 10.3 Å². The third kappa shape index (κ3) is 2.10. The van der Waals surface area contributed by atoms with E-state index in [-0.39, 0.29) is 11.8 Å². The van der Waals surface area contributed by atoms with E-state index in [0.29, 0.717) is 16.4 Å². The van der Waals surface area contributed by atoms with Gasteiger partial charge in [0.1, 0.15) is 0 Å². The van der Waals surface area contributed by atoms with Gasteiger partial charge in [-0.25, -0.2) is 9.91 Å². The highest BCUT2D eigenvalue weighted by Gasteiger charge is 2.55. The summed E-state index contributed by atoms with van der Waals surface area (Å²) in [7, 11) is 0. The molecule has 1 fully saturated rings. The molecule has 2 amide bonds. The van der Waals surface area contributed by atoms with Crippen LogP contribution in [0.5, 0.6) is 0 Å². The van der Waals surface area contributed by atoms with Gasteiger partial charge >= 0.3 is 0 Å². The van der Waals surface area contributed by atoms with E-state index in [1.54, 1.807) is 48.5 Å². The fourth-order valence-electron chi connectivity index (χ4n) is 2.80. The van der Waals surface area contributed by atoms with E-state index < -0.39 is 12.1 Å². The number of benzene rings is 2. The summed E-state index contributed by atoms with van der Waals surface area (Å²) >= 11 is 5.88. The predicted molar refractivity (Wildman–Crippen MR) is 85.3 cm³/mol. The molecule has 2 atom stereocenters. The van der Waals surface area contributed by atoms with Crippen LogP contribution in [0.1, 0.15) is 0 Å². The first-order valence-electron chi connectivity index (χ1n) is 7.05. The summed E-state index contributed by atoms with van der Waals surface area (Å²) < 4.78 is 0. The third-order valence-corrected chi connectivity index (χ3v) is 4.14.